The number of carbonyl (C=O) groups is 2. The van der Waals surface area contributed by atoms with Crippen molar-refractivity contribution in [1.29, 1.82) is 0 Å². The average molecular weight is 289 g/mol. The van der Waals surface area contributed by atoms with Crippen LogP contribution in [-0.2, 0) is 16.0 Å². The van der Waals surface area contributed by atoms with E-state index in [1.807, 2.05) is 0 Å². The first-order valence-electron chi connectivity index (χ1n) is 7.76. The summed E-state index contributed by atoms with van der Waals surface area (Å²) < 4.78 is 0. The van der Waals surface area contributed by atoms with Crippen LogP contribution in [0.15, 0.2) is 0 Å². The molecule has 0 aromatic carbocycles. The number of fused-ring (bicyclic) bond motifs is 2. The zero-order valence-electron chi connectivity index (χ0n) is 11.7. The molecule has 3 aliphatic rings. The first-order valence-corrected chi connectivity index (χ1v) is 8.57. The molecule has 2 bridgehead atoms. The summed E-state index contributed by atoms with van der Waals surface area (Å²) in [7, 11) is 0. The van der Waals surface area contributed by atoms with Gasteiger partial charge in [-0.05, 0) is 38.5 Å². The second kappa shape index (κ2) is 4.48. The normalized spacial score (nSPS) is 33.0. The molecule has 20 heavy (non-hydrogen) atoms. The number of aryl methyl sites for hydroxylation is 1. The first-order chi connectivity index (χ1) is 9.69. The molecule has 4 heteroatoms. The Bertz CT molecular complexity index is 565. The van der Waals surface area contributed by atoms with Crippen LogP contribution in [0.25, 0.3) is 0 Å². The van der Waals surface area contributed by atoms with Crippen LogP contribution in [0.1, 0.15) is 66.4 Å². The highest BCUT2D eigenvalue weighted by Gasteiger charge is 2.49. The largest absolute Gasteiger partial charge is 0.298 e. The van der Waals surface area contributed by atoms with Gasteiger partial charge in [-0.15, -0.1) is 11.3 Å². The SMILES string of the molecule is CCc1sc(C2CC2)nc1C1C(=O)[C@@H]2CC[C@@H](C2)C1=O. The molecule has 4 rings (SSSR count). The summed E-state index contributed by atoms with van der Waals surface area (Å²) in [6, 6.07) is 0. The lowest BCUT2D eigenvalue weighted by Gasteiger charge is -2.24. The van der Waals surface area contributed by atoms with Crippen LogP contribution in [0.5, 0.6) is 0 Å². The third kappa shape index (κ3) is 1.80. The van der Waals surface area contributed by atoms with E-state index in [1.165, 1.54) is 17.7 Å². The molecule has 3 nitrogen and oxygen atoms in total. The lowest BCUT2D eigenvalue weighted by Crippen LogP contribution is -2.35. The van der Waals surface area contributed by atoms with Gasteiger partial charge < -0.3 is 0 Å². The molecule has 1 aromatic heterocycles. The molecule has 0 N–H and O–H groups in total. The molecule has 0 aliphatic heterocycles. The Morgan fingerprint density at radius 2 is 1.65 bits per heavy atom. The second-order valence-electron chi connectivity index (χ2n) is 6.43. The van der Waals surface area contributed by atoms with Gasteiger partial charge in [0, 0.05) is 22.6 Å². The number of ketones is 2. The van der Waals surface area contributed by atoms with Crippen molar-refractivity contribution in [2.24, 2.45) is 11.8 Å². The Labute approximate surface area is 122 Å². The monoisotopic (exact) mass is 289 g/mol. The Morgan fingerprint density at radius 3 is 2.20 bits per heavy atom. The second-order valence-corrected chi connectivity index (χ2v) is 7.55. The van der Waals surface area contributed by atoms with Gasteiger partial charge in [0.25, 0.3) is 0 Å². The fourth-order valence-electron chi connectivity index (χ4n) is 3.75. The summed E-state index contributed by atoms with van der Waals surface area (Å²) in [6.07, 6.45) is 5.93. The summed E-state index contributed by atoms with van der Waals surface area (Å²) in [5.41, 5.74) is 0.825. The van der Waals surface area contributed by atoms with E-state index in [0.29, 0.717) is 5.92 Å². The van der Waals surface area contributed by atoms with Crippen LogP contribution in [0.3, 0.4) is 0 Å². The number of Topliss-reactive ketones (excluding diaryl/α,β-unsaturated/α-hetero) is 2. The number of rotatable bonds is 3. The highest BCUT2D eigenvalue weighted by Crippen LogP contribution is 2.47. The minimum atomic E-state index is -0.528. The van der Waals surface area contributed by atoms with E-state index >= 15 is 0 Å². The number of aromatic nitrogens is 1. The fraction of sp³-hybridized carbons (Fsp3) is 0.688. The highest BCUT2D eigenvalue weighted by molar-refractivity contribution is 7.11. The Kier molecular flexibility index (Phi) is 2.85. The Morgan fingerprint density at radius 1 is 1.05 bits per heavy atom. The van der Waals surface area contributed by atoms with E-state index in [4.69, 9.17) is 4.98 Å². The maximum Gasteiger partial charge on any atom is 0.152 e. The van der Waals surface area contributed by atoms with E-state index in [9.17, 15) is 9.59 Å². The predicted molar refractivity (Wildman–Crippen MR) is 77.1 cm³/mol. The first kappa shape index (κ1) is 12.7. The molecule has 3 aliphatic carbocycles. The molecule has 3 atom stereocenters. The summed E-state index contributed by atoms with van der Waals surface area (Å²) >= 11 is 1.74. The van der Waals surface area contributed by atoms with Gasteiger partial charge in [0.05, 0.1) is 10.7 Å². The van der Waals surface area contributed by atoms with Crippen molar-refractivity contribution in [3.8, 4) is 0 Å². The lowest BCUT2D eigenvalue weighted by molar-refractivity contribution is -0.136. The fourth-order valence-corrected chi connectivity index (χ4v) is 4.96. The minimum absolute atomic E-state index is 0.124. The van der Waals surface area contributed by atoms with E-state index in [1.54, 1.807) is 11.3 Å². The summed E-state index contributed by atoms with van der Waals surface area (Å²) in [4.78, 5) is 31.1. The molecule has 106 valence electrons. The molecule has 0 saturated heterocycles. The molecule has 3 saturated carbocycles. The quantitative estimate of drug-likeness (QED) is 0.803. The minimum Gasteiger partial charge on any atom is -0.298 e. The third-order valence-electron chi connectivity index (χ3n) is 5.07. The number of nitrogens with zero attached hydrogens (tertiary/aromatic N) is 1. The van der Waals surface area contributed by atoms with Gasteiger partial charge in [0.15, 0.2) is 11.6 Å². The standard InChI is InChI=1S/C16H19NO2S/c1-2-11-13(17-16(20-11)8-3-4-8)12-14(18)9-5-6-10(7-9)15(12)19/h8-10,12H,2-7H2,1H3/t9-,10+,12?. The number of hydrogen-bond donors (Lipinski definition) is 0. The topological polar surface area (TPSA) is 47.0 Å². The molecule has 0 amide bonds. The van der Waals surface area contributed by atoms with E-state index in [-0.39, 0.29) is 23.4 Å². The lowest BCUT2D eigenvalue weighted by atomic mass is 9.77. The van der Waals surface area contributed by atoms with Crippen molar-refractivity contribution >= 4 is 22.9 Å². The Hall–Kier alpha value is -1.03. The van der Waals surface area contributed by atoms with Crippen LogP contribution >= 0.6 is 11.3 Å². The summed E-state index contributed by atoms with van der Waals surface area (Å²) in [6.45, 7) is 2.10. The van der Waals surface area contributed by atoms with Crippen molar-refractivity contribution in [1.82, 2.24) is 4.98 Å². The third-order valence-corrected chi connectivity index (χ3v) is 6.45. The number of thiazole rings is 1. The van der Waals surface area contributed by atoms with Crippen molar-refractivity contribution in [3.05, 3.63) is 15.6 Å². The molecule has 0 spiro atoms. The molecule has 1 aromatic rings. The zero-order valence-corrected chi connectivity index (χ0v) is 12.5. The van der Waals surface area contributed by atoms with Crippen LogP contribution in [0.2, 0.25) is 0 Å². The van der Waals surface area contributed by atoms with Crippen molar-refractivity contribution in [3.63, 3.8) is 0 Å². The predicted octanol–water partition coefficient (Wildman–Crippen LogP) is 3.23. The molecule has 3 fully saturated rings. The van der Waals surface area contributed by atoms with Crippen molar-refractivity contribution in [2.45, 2.75) is 57.3 Å². The van der Waals surface area contributed by atoms with Crippen LogP contribution < -0.4 is 0 Å². The van der Waals surface area contributed by atoms with Gasteiger partial charge >= 0.3 is 0 Å². The molecule has 1 unspecified atom stereocenters. The smallest absolute Gasteiger partial charge is 0.152 e. The van der Waals surface area contributed by atoms with Crippen LogP contribution in [0.4, 0.5) is 0 Å². The van der Waals surface area contributed by atoms with Gasteiger partial charge in [-0.3, -0.25) is 9.59 Å². The summed E-state index contributed by atoms with van der Waals surface area (Å²) in [5, 5.41) is 1.16. The molecule has 1 heterocycles. The summed E-state index contributed by atoms with van der Waals surface area (Å²) in [5.74, 6) is 0.638. The molecular formula is C16H19NO2S. The Balaban J connectivity index is 1.75. The van der Waals surface area contributed by atoms with Gasteiger partial charge in [-0.25, -0.2) is 4.98 Å². The zero-order chi connectivity index (χ0) is 13.9. The van der Waals surface area contributed by atoms with Gasteiger partial charge in [-0.1, -0.05) is 6.92 Å². The maximum atomic E-state index is 12.6. The van der Waals surface area contributed by atoms with E-state index in [2.05, 4.69) is 6.92 Å². The van der Waals surface area contributed by atoms with Crippen LogP contribution in [-0.4, -0.2) is 16.6 Å². The number of hydrogen-bond acceptors (Lipinski definition) is 4. The van der Waals surface area contributed by atoms with E-state index < -0.39 is 5.92 Å². The van der Waals surface area contributed by atoms with Gasteiger partial charge in [0.2, 0.25) is 0 Å². The number of carbonyl (C=O) groups excluding carboxylic acids is 2. The van der Waals surface area contributed by atoms with Crippen LogP contribution in [0, 0.1) is 11.8 Å². The van der Waals surface area contributed by atoms with Gasteiger partial charge in [0.1, 0.15) is 5.92 Å². The van der Waals surface area contributed by atoms with Crippen molar-refractivity contribution in [2.75, 3.05) is 0 Å². The van der Waals surface area contributed by atoms with Gasteiger partial charge in [-0.2, -0.15) is 0 Å². The maximum absolute atomic E-state index is 12.6. The van der Waals surface area contributed by atoms with Crippen molar-refractivity contribution < 1.29 is 9.59 Å². The van der Waals surface area contributed by atoms with E-state index in [0.717, 1.165) is 36.4 Å². The highest BCUT2D eigenvalue weighted by atomic mass is 32.1. The molecule has 0 radical (unpaired) electrons. The average Bonchev–Trinajstić information content (AvgIpc) is 3.05. The molecular weight excluding hydrogens is 270 g/mol.